The van der Waals surface area contributed by atoms with Gasteiger partial charge in [0, 0.05) is 19.7 Å². The fourth-order valence-electron chi connectivity index (χ4n) is 2.19. The van der Waals surface area contributed by atoms with Crippen LogP contribution in [0, 0.1) is 11.8 Å². The van der Waals surface area contributed by atoms with Crippen molar-refractivity contribution in [3.05, 3.63) is 22.2 Å². The van der Waals surface area contributed by atoms with Gasteiger partial charge in [-0.05, 0) is 0 Å². The van der Waals surface area contributed by atoms with Crippen LogP contribution < -0.4 is 17.2 Å². The summed E-state index contributed by atoms with van der Waals surface area (Å²) in [4.78, 5) is 24.9. The molecule has 0 amide bonds. The van der Waals surface area contributed by atoms with Crippen molar-refractivity contribution < 1.29 is 28.3 Å². The number of hydrogen-bond acceptors (Lipinski definition) is 9. The van der Waals surface area contributed by atoms with Crippen LogP contribution in [0.4, 0.5) is 5.82 Å². The normalized spacial score (nSPS) is 25.2. The van der Waals surface area contributed by atoms with E-state index in [1.807, 2.05) is 0 Å². The Labute approximate surface area is 143 Å². The molecule has 12 heteroatoms. The van der Waals surface area contributed by atoms with E-state index in [1.54, 1.807) is 0 Å². The molecule has 138 valence electrons. The number of aromatic nitrogens is 2. The molecule has 0 aromatic carbocycles. The number of ether oxygens (including phenoxy) is 1. The average molecular weight is 374 g/mol. The number of hydrogen-bond donors (Lipinski definition) is 4. The largest absolute Gasteiger partial charge is 0.472 e. The molecule has 2 unspecified atom stereocenters. The standard InChI is InChI=1S/C13H19N4O7P/c1-22-25(20,21)23-7-10-9(18)5-11(24-10)17-6-8(3-2-4-14)12(15)16-13(17)19/h6,9-11,18H,4-5,7,14H2,1H3,(H,20,21)(H2,15,16,19)/t9?,10-,11-/m1/s1. The smallest absolute Gasteiger partial charge is 0.390 e. The van der Waals surface area contributed by atoms with Gasteiger partial charge in [0.1, 0.15) is 18.1 Å². The Morgan fingerprint density at radius 3 is 2.96 bits per heavy atom. The Kier molecular flexibility index (Phi) is 6.31. The van der Waals surface area contributed by atoms with E-state index in [2.05, 4.69) is 25.9 Å². The monoisotopic (exact) mass is 374 g/mol. The predicted molar refractivity (Wildman–Crippen MR) is 86.2 cm³/mol. The molecule has 1 fully saturated rings. The summed E-state index contributed by atoms with van der Waals surface area (Å²) >= 11 is 0. The number of nitrogen functional groups attached to an aromatic ring is 1. The lowest BCUT2D eigenvalue weighted by Crippen LogP contribution is -2.29. The highest BCUT2D eigenvalue weighted by Gasteiger charge is 2.37. The third-order valence-electron chi connectivity index (χ3n) is 3.45. The van der Waals surface area contributed by atoms with Gasteiger partial charge < -0.3 is 26.2 Å². The van der Waals surface area contributed by atoms with Gasteiger partial charge in [-0.15, -0.1) is 0 Å². The third kappa shape index (κ3) is 4.87. The van der Waals surface area contributed by atoms with Crippen LogP contribution in [0.1, 0.15) is 18.2 Å². The van der Waals surface area contributed by atoms with Gasteiger partial charge in [0.25, 0.3) is 0 Å². The van der Waals surface area contributed by atoms with E-state index in [-0.39, 0.29) is 18.8 Å². The van der Waals surface area contributed by atoms with Gasteiger partial charge in [-0.3, -0.25) is 13.6 Å². The topological polar surface area (TPSA) is 172 Å². The minimum atomic E-state index is -4.20. The van der Waals surface area contributed by atoms with Crippen LogP contribution in [0.5, 0.6) is 0 Å². The highest BCUT2D eigenvalue weighted by molar-refractivity contribution is 7.47. The van der Waals surface area contributed by atoms with E-state index < -0.39 is 38.6 Å². The molecule has 0 aliphatic carbocycles. The molecule has 6 N–H and O–H groups in total. The Morgan fingerprint density at radius 2 is 2.32 bits per heavy atom. The molecule has 0 spiro atoms. The molecule has 25 heavy (non-hydrogen) atoms. The summed E-state index contributed by atoms with van der Waals surface area (Å²) in [7, 11) is -3.19. The number of nitrogens with zero attached hydrogens (tertiary/aromatic N) is 2. The second-order valence-electron chi connectivity index (χ2n) is 5.11. The van der Waals surface area contributed by atoms with E-state index >= 15 is 0 Å². The molecule has 1 aliphatic rings. The van der Waals surface area contributed by atoms with Crippen molar-refractivity contribution in [3.8, 4) is 11.8 Å². The van der Waals surface area contributed by atoms with Crippen molar-refractivity contribution in [1.82, 2.24) is 9.55 Å². The summed E-state index contributed by atoms with van der Waals surface area (Å²) in [6, 6.07) is 0. The van der Waals surface area contributed by atoms with Gasteiger partial charge in [0.05, 0.1) is 24.8 Å². The van der Waals surface area contributed by atoms with Crippen LogP contribution in [-0.4, -0.2) is 52.0 Å². The Hall–Kier alpha value is -1.77. The summed E-state index contributed by atoms with van der Waals surface area (Å²) in [6.07, 6.45) is -1.40. The van der Waals surface area contributed by atoms with Crippen LogP contribution in [0.25, 0.3) is 0 Å². The summed E-state index contributed by atoms with van der Waals surface area (Å²) in [5, 5.41) is 10.0. The highest BCUT2D eigenvalue weighted by Crippen LogP contribution is 2.43. The minimum absolute atomic E-state index is 0.0399. The van der Waals surface area contributed by atoms with Crippen molar-refractivity contribution >= 4 is 13.6 Å². The second kappa shape index (κ2) is 8.07. The Morgan fingerprint density at radius 1 is 1.60 bits per heavy atom. The van der Waals surface area contributed by atoms with Crippen molar-refractivity contribution in [1.29, 1.82) is 0 Å². The first kappa shape index (κ1) is 19.6. The lowest BCUT2D eigenvalue weighted by Gasteiger charge is -2.17. The van der Waals surface area contributed by atoms with Gasteiger partial charge in [0.15, 0.2) is 0 Å². The average Bonchev–Trinajstić information content (AvgIpc) is 2.93. The summed E-state index contributed by atoms with van der Waals surface area (Å²) in [5.41, 5.74) is 10.6. The first-order valence-electron chi connectivity index (χ1n) is 7.21. The zero-order valence-corrected chi connectivity index (χ0v) is 14.3. The van der Waals surface area contributed by atoms with Crippen LogP contribution in [0.2, 0.25) is 0 Å². The zero-order valence-electron chi connectivity index (χ0n) is 13.4. The molecule has 0 bridgehead atoms. The molecular formula is C13H19N4O7P. The van der Waals surface area contributed by atoms with Gasteiger partial charge in [-0.1, -0.05) is 11.8 Å². The second-order valence-corrected chi connectivity index (χ2v) is 6.68. The molecule has 2 rings (SSSR count). The van der Waals surface area contributed by atoms with Crippen LogP contribution in [0.3, 0.4) is 0 Å². The number of aliphatic hydroxyl groups excluding tert-OH is 1. The first-order valence-corrected chi connectivity index (χ1v) is 8.71. The maximum Gasteiger partial charge on any atom is 0.472 e. The molecule has 1 aliphatic heterocycles. The van der Waals surface area contributed by atoms with Gasteiger partial charge in [0.2, 0.25) is 0 Å². The van der Waals surface area contributed by atoms with E-state index in [0.29, 0.717) is 5.56 Å². The third-order valence-corrected chi connectivity index (χ3v) is 4.39. The van der Waals surface area contributed by atoms with Crippen molar-refractivity contribution in [2.24, 2.45) is 5.73 Å². The Balaban J connectivity index is 2.17. The predicted octanol–water partition coefficient (Wildman–Crippen LogP) is -1.45. The molecule has 1 saturated heterocycles. The molecule has 1 aromatic rings. The van der Waals surface area contributed by atoms with Crippen molar-refractivity contribution in [2.75, 3.05) is 26.0 Å². The maximum atomic E-state index is 12.0. The molecule has 0 saturated carbocycles. The van der Waals surface area contributed by atoms with E-state index in [4.69, 9.17) is 16.2 Å². The lowest BCUT2D eigenvalue weighted by molar-refractivity contribution is -0.0457. The fourth-order valence-corrected chi connectivity index (χ4v) is 2.63. The molecular weight excluding hydrogens is 355 g/mol. The van der Waals surface area contributed by atoms with E-state index in [1.165, 1.54) is 6.20 Å². The number of anilines is 1. The Bertz CT molecular complexity index is 787. The number of phosphoric ester groups is 1. The highest BCUT2D eigenvalue weighted by atomic mass is 31.2. The van der Waals surface area contributed by atoms with Gasteiger partial charge in [-0.2, -0.15) is 4.98 Å². The minimum Gasteiger partial charge on any atom is -0.390 e. The number of nitrogens with two attached hydrogens (primary N) is 2. The van der Waals surface area contributed by atoms with Gasteiger partial charge in [-0.25, -0.2) is 9.36 Å². The van der Waals surface area contributed by atoms with Crippen LogP contribution in [-0.2, 0) is 18.3 Å². The van der Waals surface area contributed by atoms with Crippen molar-refractivity contribution in [2.45, 2.75) is 24.9 Å². The van der Waals surface area contributed by atoms with Gasteiger partial charge >= 0.3 is 13.5 Å². The van der Waals surface area contributed by atoms with Crippen LogP contribution >= 0.6 is 7.82 Å². The molecule has 1 aromatic heterocycles. The summed E-state index contributed by atoms with van der Waals surface area (Å²) < 4.78 is 26.9. The van der Waals surface area contributed by atoms with E-state index in [0.717, 1.165) is 11.7 Å². The number of aliphatic hydroxyl groups is 1. The number of phosphoric acid groups is 1. The lowest BCUT2D eigenvalue weighted by atomic mass is 10.2. The summed E-state index contributed by atoms with van der Waals surface area (Å²) in [6.45, 7) is -0.284. The quantitative estimate of drug-likeness (QED) is 0.353. The van der Waals surface area contributed by atoms with E-state index in [9.17, 15) is 19.4 Å². The zero-order chi connectivity index (χ0) is 18.6. The summed E-state index contributed by atoms with van der Waals surface area (Å²) in [5.74, 6) is 5.25. The SMILES string of the molecule is COP(=O)(O)OC[C@H]1O[C@@H](n2cc(C#CCN)c(N)nc2=O)CC1O. The van der Waals surface area contributed by atoms with Crippen LogP contribution in [0.15, 0.2) is 11.0 Å². The first-order chi connectivity index (χ1) is 11.8. The van der Waals surface area contributed by atoms with Crippen molar-refractivity contribution in [3.63, 3.8) is 0 Å². The molecule has 11 nitrogen and oxygen atoms in total. The fraction of sp³-hybridized carbons (Fsp3) is 0.538. The molecule has 0 radical (unpaired) electrons. The molecule has 2 heterocycles. The number of rotatable bonds is 5. The maximum absolute atomic E-state index is 12.0. The molecule has 4 atom stereocenters.